The van der Waals surface area contributed by atoms with Crippen LogP contribution in [-0.4, -0.2) is 5.54 Å². The first-order chi connectivity index (χ1) is 11.1. The van der Waals surface area contributed by atoms with E-state index in [0.29, 0.717) is 6.54 Å². The Morgan fingerprint density at radius 2 is 1.65 bits per heavy atom. The smallest absolute Gasteiger partial charge is 0.123 e. The fourth-order valence-corrected chi connectivity index (χ4v) is 2.53. The van der Waals surface area contributed by atoms with Crippen LogP contribution in [0, 0.1) is 18.2 Å². The highest BCUT2D eigenvalue weighted by Gasteiger charge is 2.46. The van der Waals surface area contributed by atoms with E-state index < -0.39 is 0 Å². The third-order valence-corrected chi connectivity index (χ3v) is 3.97. The van der Waals surface area contributed by atoms with Crippen LogP contribution in [0.4, 0.5) is 15.8 Å². The molecular formula is C20H23FN2. The van der Waals surface area contributed by atoms with Crippen LogP contribution in [0.25, 0.3) is 0 Å². The molecule has 0 unspecified atom stereocenters. The minimum absolute atomic E-state index is 0.218. The van der Waals surface area contributed by atoms with E-state index in [1.807, 2.05) is 38.1 Å². The zero-order valence-corrected chi connectivity index (χ0v) is 13.7. The van der Waals surface area contributed by atoms with Crippen LogP contribution in [0.1, 0.15) is 32.3 Å². The van der Waals surface area contributed by atoms with Crippen LogP contribution >= 0.6 is 0 Å². The number of hydrogen-bond donors (Lipinski definition) is 1. The Hall–Kier alpha value is -2.47. The number of nitrogen functional groups attached to an aromatic ring is 1. The first kappa shape index (κ1) is 16.9. The standard InChI is InChI=1S/C18H17FN2.C2H6/c1-2-18(11-12-18)21(17-9-7-16(20)8-10-17)13-14-3-5-15(19)6-4-14;1-2/h1,3-10H,11-13,20H2;1-2H3. The lowest BCUT2D eigenvalue weighted by Gasteiger charge is -2.31. The molecule has 0 bridgehead atoms. The number of halogens is 1. The number of anilines is 2. The van der Waals surface area contributed by atoms with E-state index in [1.54, 1.807) is 12.1 Å². The van der Waals surface area contributed by atoms with Crippen LogP contribution in [0.15, 0.2) is 48.5 Å². The second-order valence-corrected chi connectivity index (χ2v) is 5.48. The lowest BCUT2D eigenvalue weighted by molar-refractivity contribution is 0.626. The molecule has 0 amide bonds. The second kappa shape index (κ2) is 7.19. The number of nitrogens with two attached hydrogens (primary N) is 1. The molecule has 0 radical (unpaired) electrons. The van der Waals surface area contributed by atoms with Gasteiger partial charge in [-0.2, -0.15) is 0 Å². The first-order valence-corrected chi connectivity index (χ1v) is 7.98. The van der Waals surface area contributed by atoms with Gasteiger partial charge in [0.05, 0.1) is 0 Å². The predicted octanol–water partition coefficient (Wildman–Crippen LogP) is 4.61. The molecule has 120 valence electrons. The van der Waals surface area contributed by atoms with Gasteiger partial charge in [0.1, 0.15) is 11.4 Å². The number of hydrogen-bond acceptors (Lipinski definition) is 2. The van der Waals surface area contributed by atoms with Gasteiger partial charge in [-0.15, -0.1) is 6.42 Å². The number of terminal acetylenes is 1. The lowest BCUT2D eigenvalue weighted by atomic mass is 10.1. The largest absolute Gasteiger partial charge is 0.399 e. The Balaban J connectivity index is 0.000000924. The Morgan fingerprint density at radius 3 is 2.13 bits per heavy atom. The van der Waals surface area contributed by atoms with Gasteiger partial charge in [0.15, 0.2) is 0 Å². The molecule has 0 saturated heterocycles. The zero-order valence-electron chi connectivity index (χ0n) is 13.7. The van der Waals surface area contributed by atoms with Gasteiger partial charge in [-0.3, -0.25) is 0 Å². The van der Waals surface area contributed by atoms with E-state index >= 15 is 0 Å². The van der Waals surface area contributed by atoms with Crippen molar-refractivity contribution in [1.29, 1.82) is 0 Å². The molecule has 2 N–H and O–H groups in total. The molecule has 0 heterocycles. The van der Waals surface area contributed by atoms with Crippen molar-refractivity contribution in [3.63, 3.8) is 0 Å². The molecule has 3 rings (SSSR count). The van der Waals surface area contributed by atoms with Crippen LogP contribution in [-0.2, 0) is 6.54 Å². The van der Waals surface area contributed by atoms with Crippen molar-refractivity contribution in [2.75, 3.05) is 10.6 Å². The van der Waals surface area contributed by atoms with Crippen molar-refractivity contribution < 1.29 is 4.39 Å². The van der Waals surface area contributed by atoms with Gasteiger partial charge in [0, 0.05) is 17.9 Å². The summed E-state index contributed by atoms with van der Waals surface area (Å²) >= 11 is 0. The molecule has 2 nitrogen and oxygen atoms in total. The van der Waals surface area contributed by atoms with Crippen molar-refractivity contribution in [3.8, 4) is 12.3 Å². The van der Waals surface area contributed by atoms with Crippen molar-refractivity contribution in [3.05, 3.63) is 59.9 Å². The topological polar surface area (TPSA) is 29.3 Å². The molecule has 0 atom stereocenters. The average Bonchev–Trinajstić information content (AvgIpc) is 3.38. The zero-order chi connectivity index (χ0) is 16.9. The molecule has 2 aromatic rings. The summed E-state index contributed by atoms with van der Waals surface area (Å²) in [6.07, 6.45) is 7.70. The number of nitrogens with zero attached hydrogens (tertiary/aromatic N) is 1. The Bertz CT molecular complexity index is 664. The maximum absolute atomic E-state index is 13.0. The highest BCUT2D eigenvalue weighted by Crippen LogP contribution is 2.44. The van der Waals surface area contributed by atoms with E-state index in [-0.39, 0.29) is 11.4 Å². The summed E-state index contributed by atoms with van der Waals surface area (Å²) < 4.78 is 13.0. The highest BCUT2D eigenvalue weighted by molar-refractivity contribution is 5.58. The normalized spacial score (nSPS) is 14.2. The van der Waals surface area contributed by atoms with Crippen molar-refractivity contribution in [2.24, 2.45) is 0 Å². The molecule has 0 aliphatic heterocycles. The molecule has 0 spiro atoms. The summed E-state index contributed by atoms with van der Waals surface area (Å²) in [5.41, 5.74) is 8.34. The fraction of sp³-hybridized carbons (Fsp3) is 0.300. The highest BCUT2D eigenvalue weighted by atomic mass is 19.1. The van der Waals surface area contributed by atoms with Crippen molar-refractivity contribution >= 4 is 11.4 Å². The van der Waals surface area contributed by atoms with Crippen molar-refractivity contribution in [1.82, 2.24) is 0 Å². The Kier molecular flexibility index (Phi) is 5.28. The first-order valence-electron chi connectivity index (χ1n) is 7.98. The van der Waals surface area contributed by atoms with Crippen LogP contribution in [0.3, 0.4) is 0 Å². The summed E-state index contributed by atoms with van der Waals surface area (Å²) in [7, 11) is 0. The molecule has 23 heavy (non-hydrogen) atoms. The SMILES string of the molecule is C#CC1(N(Cc2ccc(F)cc2)c2ccc(N)cc2)CC1.CC. The molecular weight excluding hydrogens is 287 g/mol. The molecule has 1 fully saturated rings. The molecule has 1 aliphatic carbocycles. The van der Waals surface area contributed by atoms with Crippen LogP contribution in [0.2, 0.25) is 0 Å². The summed E-state index contributed by atoms with van der Waals surface area (Å²) in [5, 5.41) is 0. The van der Waals surface area contributed by atoms with Gasteiger partial charge in [-0.1, -0.05) is 31.9 Å². The maximum atomic E-state index is 13.0. The molecule has 1 saturated carbocycles. The van der Waals surface area contributed by atoms with E-state index in [2.05, 4.69) is 10.8 Å². The van der Waals surface area contributed by atoms with Gasteiger partial charge in [-0.05, 0) is 54.8 Å². The van der Waals surface area contributed by atoms with Gasteiger partial charge < -0.3 is 10.6 Å². The quantitative estimate of drug-likeness (QED) is 0.660. The van der Waals surface area contributed by atoms with Gasteiger partial charge >= 0.3 is 0 Å². The minimum atomic E-state index is -0.226. The summed E-state index contributed by atoms with van der Waals surface area (Å²) in [6, 6.07) is 14.3. The summed E-state index contributed by atoms with van der Waals surface area (Å²) in [6.45, 7) is 4.66. The lowest BCUT2D eigenvalue weighted by Crippen LogP contribution is -2.35. The number of rotatable bonds is 4. The second-order valence-electron chi connectivity index (χ2n) is 5.48. The van der Waals surface area contributed by atoms with Gasteiger partial charge in [-0.25, -0.2) is 4.39 Å². The third kappa shape index (κ3) is 3.84. The molecule has 1 aliphatic rings. The van der Waals surface area contributed by atoms with Gasteiger partial charge in [0.2, 0.25) is 0 Å². The molecule has 3 heteroatoms. The third-order valence-electron chi connectivity index (χ3n) is 3.97. The summed E-state index contributed by atoms with van der Waals surface area (Å²) in [5.74, 6) is 2.69. The maximum Gasteiger partial charge on any atom is 0.123 e. The molecule has 0 aromatic heterocycles. The number of benzene rings is 2. The van der Waals surface area contributed by atoms with E-state index in [9.17, 15) is 4.39 Å². The van der Waals surface area contributed by atoms with E-state index in [0.717, 1.165) is 29.8 Å². The van der Waals surface area contributed by atoms with Gasteiger partial charge in [0.25, 0.3) is 0 Å². The fourth-order valence-electron chi connectivity index (χ4n) is 2.53. The minimum Gasteiger partial charge on any atom is -0.399 e. The predicted molar refractivity (Wildman–Crippen MR) is 95.6 cm³/mol. The van der Waals surface area contributed by atoms with E-state index in [4.69, 9.17) is 12.2 Å². The van der Waals surface area contributed by atoms with Crippen LogP contribution in [0.5, 0.6) is 0 Å². The van der Waals surface area contributed by atoms with Crippen LogP contribution < -0.4 is 10.6 Å². The van der Waals surface area contributed by atoms with E-state index in [1.165, 1.54) is 12.1 Å². The average molecular weight is 310 g/mol. The summed E-state index contributed by atoms with van der Waals surface area (Å²) in [4.78, 5) is 2.21. The van der Waals surface area contributed by atoms with Crippen molar-refractivity contribution in [2.45, 2.75) is 38.8 Å². The Morgan fingerprint density at radius 1 is 1.09 bits per heavy atom. The Labute approximate surface area is 138 Å². The molecule has 2 aromatic carbocycles. The monoisotopic (exact) mass is 310 g/mol.